The van der Waals surface area contributed by atoms with Gasteiger partial charge in [-0.15, -0.1) is 0 Å². The summed E-state index contributed by atoms with van der Waals surface area (Å²) in [6.45, 7) is 1.94. The Morgan fingerprint density at radius 3 is 2.65 bits per heavy atom. The Balaban J connectivity index is 2.47. The van der Waals surface area contributed by atoms with Gasteiger partial charge in [-0.3, -0.25) is 0 Å². The number of carbonyl (C=O) groups excluding carboxylic acids is 1. The number of hydrogen-bond acceptors (Lipinski definition) is 4. The van der Waals surface area contributed by atoms with Crippen molar-refractivity contribution in [2.75, 3.05) is 11.5 Å². The predicted octanol–water partition coefficient (Wildman–Crippen LogP) is 0.506. The second-order valence-corrected chi connectivity index (χ2v) is 7.33. The van der Waals surface area contributed by atoms with Gasteiger partial charge in [-0.05, 0) is 19.3 Å². The summed E-state index contributed by atoms with van der Waals surface area (Å²) in [5, 5.41) is 13.9. The second kappa shape index (κ2) is 7.47. The van der Waals surface area contributed by atoms with Gasteiger partial charge in [-0.25, -0.2) is 18.0 Å². The quantitative estimate of drug-likeness (QED) is 0.661. The molecule has 2 atom stereocenters. The van der Waals surface area contributed by atoms with Crippen LogP contribution < -0.4 is 10.6 Å². The van der Waals surface area contributed by atoms with E-state index in [4.69, 9.17) is 5.11 Å². The van der Waals surface area contributed by atoms with Gasteiger partial charge in [0.15, 0.2) is 9.84 Å². The number of carboxylic acids is 1. The summed E-state index contributed by atoms with van der Waals surface area (Å²) in [6, 6.07) is -1.99. The zero-order valence-electron chi connectivity index (χ0n) is 11.6. The molecule has 0 saturated carbocycles. The molecule has 0 radical (unpaired) electrons. The molecule has 0 aromatic rings. The number of carbonyl (C=O) groups is 2. The molecule has 1 heterocycles. The smallest absolute Gasteiger partial charge is 0.326 e. The van der Waals surface area contributed by atoms with E-state index in [0.717, 1.165) is 6.42 Å². The average Bonchev–Trinajstić information content (AvgIpc) is 2.32. The Morgan fingerprint density at radius 2 is 2.10 bits per heavy atom. The summed E-state index contributed by atoms with van der Waals surface area (Å²) in [5.74, 6) is -1.00. The number of hydrogen-bond donors (Lipinski definition) is 3. The molecule has 7 nitrogen and oxygen atoms in total. The minimum atomic E-state index is -3.10. The summed E-state index contributed by atoms with van der Waals surface area (Å²) < 4.78 is 22.9. The highest BCUT2D eigenvalue weighted by Crippen LogP contribution is 2.12. The number of aliphatic carboxylic acids is 1. The van der Waals surface area contributed by atoms with Crippen LogP contribution in [0, 0.1) is 0 Å². The summed E-state index contributed by atoms with van der Waals surface area (Å²) in [6.07, 6.45) is 3.02. The molecule has 1 aliphatic heterocycles. The van der Waals surface area contributed by atoms with Gasteiger partial charge in [0, 0.05) is 6.04 Å². The first-order valence-corrected chi connectivity index (χ1v) is 8.66. The van der Waals surface area contributed by atoms with Crippen LogP contribution in [-0.2, 0) is 14.6 Å². The highest BCUT2D eigenvalue weighted by molar-refractivity contribution is 7.91. The molecule has 0 aromatic heterocycles. The van der Waals surface area contributed by atoms with Gasteiger partial charge in [-0.2, -0.15) is 0 Å². The van der Waals surface area contributed by atoms with Gasteiger partial charge in [0.2, 0.25) is 0 Å². The van der Waals surface area contributed by atoms with E-state index in [9.17, 15) is 18.0 Å². The zero-order chi connectivity index (χ0) is 15.2. The van der Waals surface area contributed by atoms with Crippen LogP contribution in [-0.4, -0.2) is 49.1 Å². The highest BCUT2D eigenvalue weighted by atomic mass is 32.2. The molecule has 1 unspecified atom stereocenters. The lowest BCUT2D eigenvalue weighted by Gasteiger charge is -2.24. The van der Waals surface area contributed by atoms with Crippen molar-refractivity contribution in [2.45, 2.75) is 51.1 Å². The van der Waals surface area contributed by atoms with Crippen molar-refractivity contribution in [1.82, 2.24) is 10.6 Å². The van der Waals surface area contributed by atoms with Crippen LogP contribution in [0.5, 0.6) is 0 Å². The molecule has 0 spiro atoms. The monoisotopic (exact) mass is 306 g/mol. The Morgan fingerprint density at radius 1 is 1.40 bits per heavy atom. The van der Waals surface area contributed by atoms with Crippen molar-refractivity contribution in [3.63, 3.8) is 0 Å². The molecule has 0 aromatic carbocycles. The van der Waals surface area contributed by atoms with Gasteiger partial charge in [0.25, 0.3) is 0 Å². The maximum atomic E-state index is 11.7. The van der Waals surface area contributed by atoms with Gasteiger partial charge < -0.3 is 15.7 Å². The van der Waals surface area contributed by atoms with E-state index in [1.807, 2.05) is 6.92 Å². The van der Waals surface area contributed by atoms with Crippen LogP contribution in [0.4, 0.5) is 4.79 Å². The van der Waals surface area contributed by atoms with Gasteiger partial charge >= 0.3 is 12.0 Å². The first-order chi connectivity index (χ1) is 9.34. The molecule has 0 aliphatic carbocycles. The Hall–Kier alpha value is -1.31. The van der Waals surface area contributed by atoms with Crippen molar-refractivity contribution in [2.24, 2.45) is 0 Å². The average molecular weight is 306 g/mol. The molecule has 20 heavy (non-hydrogen) atoms. The number of carboxylic acid groups (broad SMARTS) is 1. The topological polar surface area (TPSA) is 113 Å². The van der Waals surface area contributed by atoms with Crippen LogP contribution in [0.25, 0.3) is 0 Å². The second-order valence-electron chi connectivity index (χ2n) is 5.10. The van der Waals surface area contributed by atoms with Crippen LogP contribution in [0.3, 0.4) is 0 Å². The van der Waals surface area contributed by atoms with Crippen LogP contribution in [0.15, 0.2) is 0 Å². The zero-order valence-corrected chi connectivity index (χ0v) is 12.4. The van der Waals surface area contributed by atoms with Crippen molar-refractivity contribution in [1.29, 1.82) is 0 Å². The SMILES string of the molecule is CCCC[C@H](NC(=O)NC1CCCS(=O)(=O)C1)C(=O)O. The molecule has 1 saturated heterocycles. The number of amides is 2. The number of unbranched alkanes of at least 4 members (excludes halogenated alkanes) is 1. The minimum Gasteiger partial charge on any atom is -0.480 e. The third-order valence-corrected chi connectivity index (χ3v) is 5.07. The number of urea groups is 1. The van der Waals surface area contributed by atoms with E-state index in [1.54, 1.807) is 0 Å². The molecule has 8 heteroatoms. The van der Waals surface area contributed by atoms with E-state index in [2.05, 4.69) is 10.6 Å². The molecule has 0 bridgehead atoms. The third kappa shape index (κ3) is 5.77. The standard InChI is InChI=1S/C12H22N2O5S/c1-2-3-6-10(11(15)16)14-12(17)13-9-5-4-7-20(18,19)8-9/h9-10H,2-8H2,1H3,(H,15,16)(H2,13,14,17)/t9?,10-/m0/s1. The van der Waals surface area contributed by atoms with Crippen molar-refractivity contribution in [3.8, 4) is 0 Å². The van der Waals surface area contributed by atoms with Gasteiger partial charge in [0.1, 0.15) is 6.04 Å². The van der Waals surface area contributed by atoms with Crippen LogP contribution in [0.2, 0.25) is 0 Å². The molecule has 3 N–H and O–H groups in total. The normalized spacial score (nSPS) is 22.8. The number of nitrogens with one attached hydrogen (secondary N) is 2. The molecule has 2 amide bonds. The molecule has 1 fully saturated rings. The number of sulfone groups is 1. The lowest BCUT2D eigenvalue weighted by atomic mass is 10.1. The fraction of sp³-hybridized carbons (Fsp3) is 0.833. The molecule has 116 valence electrons. The van der Waals surface area contributed by atoms with Crippen molar-refractivity contribution >= 4 is 21.8 Å². The van der Waals surface area contributed by atoms with E-state index in [1.165, 1.54) is 0 Å². The lowest BCUT2D eigenvalue weighted by Crippen LogP contribution is -2.51. The van der Waals surface area contributed by atoms with E-state index >= 15 is 0 Å². The first-order valence-electron chi connectivity index (χ1n) is 6.84. The summed E-state index contributed by atoms with van der Waals surface area (Å²) in [5.41, 5.74) is 0. The molecular weight excluding hydrogens is 284 g/mol. The van der Waals surface area contributed by atoms with Crippen molar-refractivity contribution in [3.05, 3.63) is 0 Å². The Bertz CT molecular complexity index is 449. The summed E-state index contributed by atoms with van der Waals surface area (Å²) in [4.78, 5) is 22.7. The third-order valence-electron chi connectivity index (χ3n) is 3.25. The lowest BCUT2D eigenvalue weighted by molar-refractivity contribution is -0.139. The van der Waals surface area contributed by atoms with Crippen LogP contribution >= 0.6 is 0 Å². The summed E-state index contributed by atoms with van der Waals surface area (Å²) in [7, 11) is -3.10. The fourth-order valence-electron chi connectivity index (χ4n) is 2.19. The van der Waals surface area contributed by atoms with Crippen molar-refractivity contribution < 1.29 is 23.1 Å². The van der Waals surface area contributed by atoms with Gasteiger partial charge in [0.05, 0.1) is 11.5 Å². The fourth-order valence-corrected chi connectivity index (χ4v) is 3.82. The maximum absolute atomic E-state index is 11.7. The number of rotatable bonds is 6. The largest absolute Gasteiger partial charge is 0.480 e. The first kappa shape index (κ1) is 16.7. The van der Waals surface area contributed by atoms with E-state index in [0.29, 0.717) is 25.7 Å². The maximum Gasteiger partial charge on any atom is 0.326 e. The minimum absolute atomic E-state index is 0.0763. The van der Waals surface area contributed by atoms with E-state index < -0.39 is 33.9 Å². The summed E-state index contributed by atoms with van der Waals surface area (Å²) >= 11 is 0. The highest BCUT2D eigenvalue weighted by Gasteiger charge is 2.27. The molecule has 1 aliphatic rings. The Labute approximate surface area is 119 Å². The van der Waals surface area contributed by atoms with Gasteiger partial charge in [-0.1, -0.05) is 19.8 Å². The molecule has 1 rings (SSSR count). The van der Waals surface area contributed by atoms with E-state index in [-0.39, 0.29) is 11.5 Å². The molecular formula is C12H22N2O5S. The predicted molar refractivity (Wildman–Crippen MR) is 74.3 cm³/mol. The van der Waals surface area contributed by atoms with Crippen LogP contribution in [0.1, 0.15) is 39.0 Å². The Kier molecular flexibility index (Phi) is 6.25.